The van der Waals surface area contributed by atoms with Gasteiger partial charge in [-0.05, 0) is 29.6 Å². The number of nitrogens with one attached hydrogen (secondary N) is 1. The largest absolute Gasteiger partial charge is 0.321 e. The summed E-state index contributed by atoms with van der Waals surface area (Å²) in [6.45, 7) is 0. The van der Waals surface area contributed by atoms with Crippen molar-refractivity contribution in [2.24, 2.45) is 0 Å². The number of carbonyl (C=O) groups is 1. The van der Waals surface area contributed by atoms with E-state index in [1.807, 2.05) is 58.6 Å². The second-order valence-electron chi connectivity index (χ2n) is 4.96. The molecule has 1 N–H and O–H groups in total. The Bertz CT molecular complexity index is 925. The second kappa shape index (κ2) is 5.66. The zero-order chi connectivity index (χ0) is 15.6. The van der Waals surface area contributed by atoms with Gasteiger partial charge in [-0.1, -0.05) is 18.2 Å². The number of fused-ring (bicyclic) bond motifs is 1. The van der Waals surface area contributed by atoms with Crippen molar-refractivity contribution in [3.8, 4) is 11.3 Å². The molecule has 5 nitrogen and oxygen atoms in total. The third-order valence-corrected chi connectivity index (χ3v) is 4.29. The summed E-state index contributed by atoms with van der Waals surface area (Å²) in [5.41, 5.74) is 2.58. The van der Waals surface area contributed by atoms with Gasteiger partial charge in [-0.2, -0.15) is 0 Å². The molecule has 1 amide bonds. The summed E-state index contributed by atoms with van der Waals surface area (Å²) >= 11 is 1.42. The molecule has 0 aliphatic heterocycles. The predicted octanol–water partition coefficient (Wildman–Crippen LogP) is 3.71. The summed E-state index contributed by atoms with van der Waals surface area (Å²) < 4.78 is 1.88. The predicted molar refractivity (Wildman–Crippen MR) is 90.7 cm³/mol. The molecule has 4 rings (SSSR count). The Morgan fingerprint density at radius 1 is 1.13 bits per heavy atom. The van der Waals surface area contributed by atoms with Crippen LogP contribution in [0.15, 0.2) is 66.4 Å². The van der Waals surface area contributed by atoms with Crippen LogP contribution in [0.1, 0.15) is 9.67 Å². The molecule has 4 aromatic rings. The zero-order valence-electron chi connectivity index (χ0n) is 12.0. The molecule has 0 aliphatic carbocycles. The van der Waals surface area contributed by atoms with E-state index >= 15 is 0 Å². The summed E-state index contributed by atoms with van der Waals surface area (Å²) in [4.78, 5) is 21.4. The van der Waals surface area contributed by atoms with Crippen LogP contribution in [0.2, 0.25) is 0 Å². The molecule has 0 fully saturated rings. The quantitative estimate of drug-likeness (QED) is 0.626. The smallest absolute Gasteiger partial charge is 0.265 e. The number of aromatic nitrogens is 3. The summed E-state index contributed by atoms with van der Waals surface area (Å²) in [5.74, 6) is 0.572. The topological polar surface area (TPSA) is 59.3 Å². The van der Waals surface area contributed by atoms with Gasteiger partial charge in [0.25, 0.3) is 5.91 Å². The van der Waals surface area contributed by atoms with Gasteiger partial charge in [0.05, 0.1) is 10.6 Å². The highest BCUT2D eigenvalue weighted by Crippen LogP contribution is 2.21. The molecule has 3 heterocycles. The lowest BCUT2D eigenvalue weighted by molar-refractivity contribution is 0.103. The number of thiophene rings is 1. The number of rotatable bonds is 3. The van der Waals surface area contributed by atoms with Crippen molar-refractivity contribution in [1.82, 2.24) is 14.4 Å². The van der Waals surface area contributed by atoms with Crippen LogP contribution in [0, 0.1) is 0 Å². The van der Waals surface area contributed by atoms with Crippen LogP contribution in [0.4, 0.5) is 5.69 Å². The van der Waals surface area contributed by atoms with Crippen LogP contribution < -0.4 is 5.32 Å². The van der Waals surface area contributed by atoms with E-state index in [0.717, 1.165) is 16.9 Å². The maximum absolute atomic E-state index is 12.0. The van der Waals surface area contributed by atoms with Gasteiger partial charge in [0, 0.05) is 29.8 Å². The fourth-order valence-electron chi connectivity index (χ4n) is 2.29. The fourth-order valence-corrected chi connectivity index (χ4v) is 2.91. The Morgan fingerprint density at radius 3 is 2.74 bits per heavy atom. The van der Waals surface area contributed by atoms with E-state index in [9.17, 15) is 4.79 Å². The second-order valence-corrected chi connectivity index (χ2v) is 5.91. The van der Waals surface area contributed by atoms with Crippen LogP contribution in [0.3, 0.4) is 0 Å². The lowest BCUT2D eigenvalue weighted by Crippen LogP contribution is -2.09. The molecule has 3 aromatic heterocycles. The van der Waals surface area contributed by atoms with Gasteiger partial charge in [0.15, 0.2) is 0 Å². The SMILES string of the molecule is O=C(Nc1ccc(-c2cn3cccnc3n2)cc1)c1cccs1. The zero-order valence-corrected chi connectivity index (χ0v) is 12.8. The maximum Gasteiger partial charge on any atom is 0.265 e. The monoisotopic (exact) mass is 320 g/mol. The molecule has 0 aliphatic rings. The first-order chi connectivity index (χ1) is 11.3. The first-order valence-electron chi connectivity index (χ1n) is 7.05. The molecule has 0 saturated heterocycles. The Balaban J connectivity index is 1.57. The number of hydrogen-bond donors (Lipinski definition) is 1. The minimum absolute atomic E-state index is 0.0929. The third kappa shape index (κ3) is 2.72. The third-order valence-electron chi connectivity index (χ3n) is 3.42. The molecule has 0 atom stereocenters. The van der Waals surface area contributed by atoms with Crippen molar-refractivity contribution in [2.75, 3.05) is 5.32 Å². The van der Waals surface area contributed by atoms with Crippen molar-refractivity contribution in [3.63, 3.8) is 0 Å². The van der Waals surface area contributed by atoms with Crippen LogP contribution in [-0.4, -0.2) is 20.3 Å². The van der Waals surface area contributed by atoms with E-state index in [4.69, 9.17) is 0 Å². The van der Waals surface area contributed by atoms with E-state index in [-0.39, 0.29) is 5.91 Å². The summed E-state index contributed by atoms with van der Waals surface area (Å²) in [5, 5.41) is 4.77. The van der Waals surface area contributed by atoms with Gasteiger partial charge in [-0.3, -0.25) is 9.20 Å². The lowest BCUT2D eigenvalue weighted by atomic mass is 10.1. The van der Waals surface area contributed by atoms with Crippen LogP contribution in [0.5, 0.6) is 0 Å². The summed E-state index contributed by atoms with van der Waals surface area (Å²) in [6, 6.07) is 13.1. The van der Waals surface area contributed by atoms with Gasteiger partial charge in [-0.25, -0.2) is 9.97 Å². The Kier molecular flexibility index (Phi) is 3.36. The molecule has 23 heavy (non-hydrogen) atoms. The highest BCUT2D eigenvalue weighted by molar-refractivity contribution is 7.12. The fraction of sp³-hybridized carbons (Fsp3) is 0. The Labute approximate surface area is 136 Å². The molecular formula is C17H12N4OS. The molecule has 6 heteroatoms. The van der Waals surface area contributed by atoms with E-state index in [1.54, 1.807) is 12.3 Å². The van der Waals surface area contributed by atoms with E-state index < -0.39 is 0 Å². The number of imidazole rings is 1. The number of hydrogen-bond acceptors (Lipinski definition) is 4. The van der Waals surface area contributed by atoms with Crippen molar-refractivity contribution < 1.29 is 4.79 Å². The first-order valence-corrected chi connectivity index (χ1v) is 7.92. The molecule has 0 bridgehead atoms. The molecule has 112 valence electrons. The lowest BCUT2D eigenvalue weighted by Gasteiger charge is -2.04. The summed E-state index contributed by atoms with van der Waals surface area (Å²) in [7, 11) is 0. The minimum Gasteiger partial charge on any atom is -0.321 e. The van der Waals surface area contributed by atoms with Gasteiger partial charge >= 0.3 is 0 Å². The van der Waals surface area contributed by atoms with E-state index in [1.165, 1.54) is 11.3 Å². The van der Waals surface area contributed by atoms with Crippen molar-refractivity contribution in [2.45, 2.75) is 0 Å². The van der Waals surface area contributed by atoms with Crippen LogP contribution in [-0.2, 0) is 0 Å². The van der Waals surface area contributed by atoms with Crippen molar-refractivity contribution >= 4 is 28.7 Å². The van der Waals surface area contributed by atoms with Crippen molar-refractivity contribution in [1.29, 1.82) is 0 Å². The average molecular weight is 320 g/mol. The number of benzene rings is 1. The average Bonchev–Trinajstić information content (AvgIpc) is 3.25. The van der Waals surface area contributed by atoms with E-state index in [0.29, 0.717) is 10.7 Å². The summed E-state index contributed by atoms with van der Waals surface area (Å²) in [6.07, 6.45) is 5.56. The number of carbonyl (C=O) groups excluding carboxylic acids is 1. The normalized spacial score (nSPS) is 10.8. The first kappa shape index (κ1) is 13.7. The van der Waals surface area contributed by atoms with E-state index in [2.05, 4.69) is 15.3 Å². The number of anilines is 1. The Morgan fingerprint density at radius 2 is 2.00 bits per heavy atom. The van der Waals surface area contributed by atoms with Gasteiger partial charge in [0.2, 0.25) is 5.78 Å². The standard InChI is InChI=1S/C17H12N4OS/c22-16(15-3-1-10-23-15)19-13-6-4-12(5-7-13)14-11-21-9-2-8-18-17(21)20-14/h1-11H,(H,19,22). The molecular weight excluding hydrogens is 308 g/mol. The number of amides is 1. The maximum atomic E-state index is 12.0. The molecule has 0 unspecified atom stereocenters. The molecule has 0 radical (unpaired) electrons. The molecule has 0 spiro atoms. The van der Waals surface area contributed by atoms with Crippen LogP contribution in [0.25, 0.3) is 17.0 Å². The molecule has 1 aromatic carbocycles. The van der Waals surface area contributed by atoms with Crippen molar-refractivity contribution in [3.05, 3.63) is 71.3 Å². The highest BCUT2D eigenvalue weighted by Gasteiger charge is 2.08. The Hall–Kier alpha value is -2.99. The van der Waals surface area contributed by atoms with Gasteiger partial charge in [-0.15, -0.1) is 11.3 Å². The van der Waals surface area contributed by atoms with Gasteiger partial charge < -0.3 is 5.32 Å². The highest BCUT2D eigenvalue weighted by atomic mass is 32.1. The number of nitrogens with zero attached hydrogens (tertiary/aromatic N) is 3. The molecule has 0 saturated carbocycles. The van der Waals surface area contributed by atoms with Crippen LogP contribution >= 0.6 is 11.3 Å². The minimum atomic E-state index is -0.0929. The van der Waals surface area contributed by atoms with Gasteiger partial charge in [0.1, 0.15) is 0 Å².